The van der Waals surface area contributed by atoms with Gasteiger partial charge >= 0.3 is 10.1 Å². The summed E-state index contributed by atoms with van der Waals surface area (Å²) in [5.41, 5.74) is 3.56. The monoisotopic (exact) mass is 435 g/mol. The van der Waals surface area contributed by atoms with Gasteiger partial charge in [0.1, 0.15) is 11.5 Å². The third-order valence-corrected chi connectivity index (χ3v) is 6.13. The lowest BCUT2D eigenvalue weighted by atomic mass is 9.65. The van der Waals surface area contributed by atoms with Crippen LogP contribution in [-0.4, -0.2) is 52.0 Å². The number of ketones is 1. The number of carbonyl (C=O) groups excluding carboxylic acids is 1. The van der Waals surface area contributed by atoms with E-state index in [2.05, 4.69) is 0 Å². The maximum Gasteiger partial charge on any atom is 0.302 e. The SMILES string of the molecule is [B]C([B])(c1ccccc1)S(=O)(=O)OC1=C(N)O[C@@]([B])(c2cc(OC)ccc2OC)C1=O. The Morgan fingerprint density at radius 1 is 1.06 bits per heavy atom. The van der Waals surface area contributed by atoms with Crippen LogP contribution in [0.15, 0.2) is 60.2 Å². The topological polar surface area (TPSA) is 114 Å². The number of rotatable bonds is 7. The van der Waals surface area contributed by atoms with Crippen molar-refractivity contribution >= 4 is 39.4 Å². The fourth-order valence-electron chi connectivity index (χ4n) is 2.93. The van der Waals surface area contributed by atoms with E-state index in [1.165, 1.54) is 50.6 Å². The highest BCUT2D eigenvalue weighted by atomic mass is 32.2. The summed E-state index contributed by atoms with van der Waals surface area (Å²) in [6.45, 7) is 0. The van der Waals surface area contributed by atoms with E-state index in [0.29, 0.717) is 5.75 Å². The summed E-state index contributed by atoms with van der Waals surface area (Å²) >= 11 is 0. The summed E-state index contributed by atoms with van der Waals surface area (Å²) in [6, 6.07) is 12.0. The van der Waals surface area contributed by atoms with Crippen LogP contribution >= 0.6 is 0 Å². The second-order valence-electron chi connectivity index (χ2n) is 6.62. The average molecular weight is 435 g/mol. The van der Waals surface area contributed by atoms with Crippen LogP contribution in [0.3, 0.4) is 0 Å². The number of carbonyl (C=O) groups is 1. The molecule has 154 valence electrons. The molecule has 2 N–H and O–H groups in total. The number of nitrogens with two attached hydrogens (primary N) is 1. The van der Waals surface area contributed by atoms with Gasteiger partial charge in [-0.15, -0.1) is 0 Å². The summed E-state index contributed by atoms with van der Waals surface area (Å²) in [6.07, 6.45) is 0. The van der Waals surface area contributed by atoms with Crippen LogP contribution in [0.2, 0.25) is 0 Å². The normalized spacial score (nSPS) is 19.1. The van der Waals surface area contributed by atoms with Crippen LogP contribution < -0.4 is 15.2 Å². The van der Waals surface area contributed by atoms with Crippen molar-refractivity contribution in [2.24, 2.45) is 5.73 Å². The minimum absolute atomic E-state index is 0.0222. The van der Waals surface area contributed by atoms with Crippen LogP contribution in [0.4, 0.5) is 0 Å². The Hall–Kier alpha value is -3.01. The van der Waals surface area contributed by atoms with E-state index in [1.54, 1.807) is 12.1 Å². The van der Waals surface area contributed by atoms with E-state index in [1.807, 2.05) is 0 Å². The zero-order chi connectivity index (χ0) is 23.0. The molecule has 1 heterocycles. The first-order valence-electron chi connectivity index (χ1n) is 8.80. The van der Waals surface area contributed by atoms with E-state index in [0.717, 1.165) is 0 Å². The number of hydrogen-bond acceptors (Lipinski definition) is 8. The van der Waals surface area contributed by atoms with Crippen molar-refractivity contribution in [3.63, 3.8) is 0 Å². The predicted molar refractivity (Wildman–Crippen MR) is 114 cm³/mol. The van der Waals surface area contributed by atoms with Crippen molar-refractivity contribution in [3.8, 4) is 11.5 Å². The molecule has 0 aromatic heterocycles. The third-order valence-electron chi connectivity index (χ3n) is 4.68. The zero-order valence-corrected chi connectivity index (χ0v) is 17.5. The van der Waals surface area contributed by atoms with Gasteiger partial charge in [0.15, 0.2) is 13.3 Å². The Labute approximate surface area is 184 Å². The van der Waals surface area contributed by atoms with E-state index in [9.17, 15) is 13.2 Å². The predicted octanol–water partition coefficient (Wildman–Crippen LogP) is 0.246. The van der Waals surface area contributed by atoms with Gasteiger partial charge in [-0.25, -0.2) is 0 Å². The van der Waals surface area contributed by atoms with E-state index < -0.39 is 37.6 Å². The molecule has 6 radical (unpaired) electrons. The fourth-order valence-corrected chi connectivity index (χ4v) is 3.87. The van der Waals surface area contributed by atoms with Crippen LogP contribution in [0.1, 0.15) is 11.1 Å². The Bertz CT molecular complexity index is 1150. The number of Topliss-reactive ketones (excluding diaryl/α,β-unsaturated/α-hetero) is 1. The Morgan fingerprint density at radius 3 is 2.29 bits per heavy atom. The van der Waals surface area contributed by atoms with E-state index >= 15 is 0 Å². The van der Waals surface area contributed by atoms with Crippen molar-refractivity contribution in [2.45, 2.75) is 10.0 Å². The molecule has 0 saturated heterocycles. The standard InChI is InChI=1S/C19H16B3NO7S/c1-27-12-8-9-14(28-2)13(10-12)18(20)16(24)15(17(23)29-18)30-31(25,26)19(21,22)11-6-4-3-5-7-11/h3-10H,23H2,1-2H3/t18-/m0/s1. The lowest BCUT2D eigenvalue weighted by Crippen LogP contribution is -2.40. The number of ether oxygens (including phenoxy) is 3. The molecule has 0 amide bonds. The first-order chi connectivity index (χ1) is 14.5. The molecule has 1 aliphatic rings. The highest BCUT2D eigenvalue weighted by Gasteiger charge is 2.51. The van der Waals surface area contributed by atoms with Crippen LogP contribution in [0.25, 0.3) is 0 Å². The Morgan fingerprint density at radius 2 is 1.71 bits per heavy atom. The summed E-state index contributed by atoms with van der Waals surface area (Å²) < 4.78 is 43.8. The molecular formula is C19H16B3NO7S. The minimum Gasteiger partial charge on any atom is -0.497 e. The van der Waals surface area contributed by atoms with Crippen molar-refractivity contribution < 1.29 is 31.6 Å². The maximum atomic E-state index is 13.1. The van der Waals surface area contributed by atoms with Crippen molar-refractivity contribution in [1.29, 1.82) is 0 Å². The van der Waals surface area contributed by atoms with Gasteiger partial charge in [-0.3, -0.25) is 4.79 Å². The average Bonchev–Trinajstić information content (AvgIpc) is 2.97. The molecule has 0 aliphatic carbocycles. The van der Waals surface area contributed by atoms with Gasteiger partial charge < -0.3 is 24.1 Å². The summed E-state index contributed by atoms with van der Waals surface area (Å²) in [5, 5.41) is 0. The van der Waals surface area contributed by atoms with E-state index in [-0.39, 0.29) is 16.9 Å². The molecule has 1 aliphatic heterocycles. The lowest BCUT2D eigenvalue weighted by molar-refractivity contribution is -0.126. The summed E-state index contributed by atoms with van der Waals surface area (Å²) in [7, 11) is 15.8. The first-order valence-corrected chi connectivity index (χ1v) is 10.2. The largest absolute Gasteiger partial charge is 0.497 e. The molecule has 0 spiro atoms. The van der Waals surface area contributed by atoms with Crippen molar-refractivity contribution in [2.75, 3.05) is 14.2 Å². The smallest absolute Gasteiger partial charge is 0.302 e. The quantitative estimate of drug-likeness (QED) is 0.487. The molecular weight excluding hydrogens is 419 g/mol. The number of hydrogen-bond donors (Lipinski definition) is 1. The molecule has 0 bridgehead atoms. The summed E-state index contributed by atoms with van der Waals surface area (Å²) in [5.74, 6) is -2.09. The fraction of sp³-hybridized carbons (Fsp3) is 0.211. The van der Waals surface area contributed by atoms with E-state index in [4.69, 9.17) is 47.7 Å². The molecule has 0 saturated carbocycles. The first kappa shape index (κ1) is 22.7. The van der Waals surface area contributed by atoms with Gasteiger partial charge in [-0.2, -0.15) is 8.42 Å². The van der Waals surface area contributed by atoms with Gasteiger partial charge in [0.05, 0.1) is 34.5 Å². The lowest BCUT2D eigenvalue weighted by Gasteiger charge is -2.27. The van der Waals surface area contributed by atoms with Crippen LogP contribution in [0.5, 0.6) is 11.5 Å². The Kier molecular flexibility index (Phi) is 5.79. The molecule has 0 fully saturated rings. The van der Waals surface area contributed by atoms with Gasteiger partial charge in [-0.1, -0.05) is 30.3 Å². The van der Waals surface area contributed by atoms with Gasteiger partial charge in [-0.05, 0) is 23.8 Å². The van der Waals surface area contributed by atoms with Crippen LogP contribution in [-0.2, 0) is 33.9 Å². The molecule has 2 aromatic rings. The Balaban J connectivity index is 1.99. The second-order valence-corrected chi connectivity index (χ2v) is 8.37. The molecule has 31 heavy (non-hydrogen) atoms. The molecule has 12 heteroatoms. The highest BCUT2D eigenvalue weighted by Crippen LogP contribution is 2.42. The van der Waals surface area contributed by atoms with Crippen molar-refractivity contribution in [1.82, 2.24) is 0 Å². The zero-order valence-electron chi connectivity index (χ0n) is 16.7. The molecule has 3 rings (SSSR count). The molecule has 0 unspecified atom stereocenters. The second kappa shape index (κ2) is 7.92. The molecule has 8 nitrogen and oxygen atoms in total. The number of benzene rings is 2. The van der Waals surface area contributed by atoms with Gasteiger partial charge in [0, 0.05) is 5.56 Å². The minimum atomic E-state index is -4.82. The number of methoxy groups -OCH3 is 2. The van der Waals surface area contributed by atoms with Crippen LogP contribution in [0, 0.1) is 0 Å². The highest BCUT2D eigenvalue weighted by molar-refractivity contribution is 7.90. The van der Waals surface area contributed by atoms with Gasteiger partial charge in [0.2, 0.25) is 17.4 Å². The molecule has 2 aromatic carbocycles. The van der Waals surface area contributed by atoms with Crippen molar-refractivity contribution in [3.05, 3.63) is 71.3 Å². The third kappa shape index (κ3) is 3.76. The summed E-state index contributed by atoms with van der Waals surface area (Å²) in [4.78, 5) is 13.1. The molecule has 1 atom stereocenters. The maximum absolute atomic E-state index is 13.1. The van der Waals surface area contributed by atoms with Gasteiger partial charge in [0.25, 0.3) is 0 Å².